The lowest BCUT2D eigenvalue weighted by Crippen LogP contribution is -2.31. The predicted molar refractivity (Wildman–Crippen MR) is 68.7 cm³/mol. The van der Waals surface area contributed by atoms with Crippen LogP contribution in [0.3, 0.4) is 0 Å². The van der Waals surface area contributed by atoms with Gasteiger partial charge in [-0.2, -0.15) is 0 Å². The van der Waals surface area contributed by atoms with Crippen molar-refractivity contribution >= 4 is 5.91 Å². The maximum absolute atomic E-state index is 12.1. The molecule has 1 saturated carbocycles. The Balaban J connectivity index is 2.04. The van der Waals surface area contributed by atoms with Crippen molar-refractivity contribution < 1.29 is 15.0 Å². The van der Waals surface area contributed by atoms with E-state index < -0.39 is 0 Å². The van der Waals surface area contributed by atoms with Crippen LogP contribution in [0.4, 0.5) is 0 Å². The fraction of sp³-hybridized carbons (Fsp3) is 0.500. The summed E-state index contributed by atoms with van der Waals surface area (Å²) in [7, 11) is 1.77. The van der Waals surface area contributed by atoms with Gasteiger partial charge in [0.05, 0.1) is 0 Å². The van der Waals surface area contributed by atoms with Gasteiger partial charge in [-0.25, -0.2) is 0 Å². The Morgan fingerprint density at radius 2 is 1.78 bits per heavy atom. The van der Waals surface area contributed by atoms with Gasteiger partial charge in [-0.05, 0) is 30.9 Å². The number of phenolic OH excluding ortho intramolecular Hbond substituents is 2. The molecule has 1 amide bonds. The molecular weight excluding hydrogens is 230 g/mol. The number of phenols is 2. The Labute approximate surface area is 107 Å². The predicted octanol–water partition coefficient (Wildman–Crippen LogP) is 2.36. The molecule has 0 unspecified atom stereocenters. The van der Waals surface area contributed by atoms with Crippen LogP contribution in [-0.2, 0) is 0 Å². The van der Waals surface area contributed by atoms with Gasteiger partial charge in [0, 0.05) is 25.2 Å². The molecule has 1 aromatic carbocycles. The molecule has 0 radical (unpaired) electrons. The fourth-order valence-electron chi connectivity index (χ4n) is 2.60. The molecule has 18 heavy (non-hydrogen) atoms. The molecule has 0 heterocycles. The Morgan fingerprint density at radius 1 is 1.22 bits per heavy atom. The molecule has 0 spiro atoms. The van der Waals surface area contributed by atoms with Gasteiger partial charge >= 0.3 is 0 Å². The minimum absolute atomic E-state index is 0.0902. The SMILES string of the molecule is CN(CC1CCCC1)C(=O)c1cc(O)cc(O)c1. The van der Waals surface area contributed by atoms with Crippen LogP contribution in [-0.4, -0.2) is 34.6 Å². The third-order valence-electron chi connectivity index (χ3n) is 3.50. The van der Waals surface area contributed by atoms with Crippen LogP contribution in [0.25, 0.3) is 0 Å². The molecule has 1 aliphatic rings. The van der Waals surface area contributed by atoms with Crippen molar-refractivity contribution in [1.82, 2.24) is 4.90 Å². The van der Waals surface area contributed by atoms with E-state index in [2.05, 4.69) is 0 Å². The van der Waals surface area contributed by atoms with Crippen LogP contribution in [0.1, 0.15) is 36.0 Å². The highest BCUT2D eigenvalue weighted by atomic mass is 16.3. The number of nitrogens with zero attached hydrogens (tertiary/aromatic N) is 1. The zero-order valence-electron chi connectivity index (χ0n) is 10.6. The molecule has 2 rings (SSSR count). The molecule has 0 aliphatic heterocycles. The zero-order chi connectivity index (χ0) is 13.1. The largest absolute Gasteiger partial charge is 0.508 e. The van der Waals surface area contributed by atoms with Crippen molar-refractivity contribution in [3.63, 3.8) is 0 Å². The number of aromatic hydroxyl groups is 2. The summed E-state index contributed by atoms with van der Waals surface area (Å²) < 4.78 is 0. The molecule has 0 saturated heterocycles. The molecule has 2 N–H and O–H groups in total. The second kappa shape index (κ2) is 5.29. The monoisotopic (exact) mass is 249 g/mol. The molecule has 1 fully saturated rings. The number of hydrogen-bond acceptors (Lipinski definition) is 3. The highest BCUT2D eigenvalue weighted by Gasteiger charge is 2.20. The number of carbonyl (C=O) groups excluding carboxylic acids is 1. The summed E-state index contributed by atoms with van der Waals surface area (Å²) in [4.78, 5) is 13.8. The van der Waals surface area contributed by atoms with Crippen LogP contribution in [0.15, 0.2) is 18.2 Å². The quantitative estimate of drug-likeness (QED) is 0.864. The summed E-state index contributed by atoms with van der Waals surface area (Å²) in [6.07, 6.45) is 4.87. The van der Waals surface area contributed by atoms with Gasteiger partial charge in [-0.15, -0.1) is 0 Å². The van der Waals surface area contributed by atoms with Crippen LogP contribution in [0.2, 0.25) is 0 Å². The van der Waals surface area contributed by atoms with E-state index in [-0.39, 0.29) is 17.4 Å². The molecule has 1 aromatic rings. The zero-order valence-corrected chi connectivity index (χ0v) is 10.6. The van der Waals surface area contributed by atoms with Crippen LogP contribution in [0.5, 0.6) is 11.5 Å². The molecule has 0 bridgehead atoms. The van der Waals surface area contributed by atoms with E-state index in [1.54, 1.807) is 11.9 Å². The van der Waals surface area contributed by atoms with E-state index in [0.29, 0.717) is 11.5 Å². The molecule has 1 aliphatic carbocycles. The first-order valence-corrected chi connectivity index (χ1v) is 6.35. The average Bonchev–Trinajstić information content (AvgIpc) is 2.79. The van der Waals surface area contributed by atoms with Crippen LogP contribution < -0.4 is 0 Å². The normalized spacial score (nSPS) is 15.8. The molecular formula is C14H19NO3. The van der Waals surface area contributed by atoms with E-state index in [9.17, 15) is 15.0 Å². The van der Waals surface area contributed by atoms with Crippen molar-refractivity contribution in [2.75, 3.05) is 13.6 Å². The Morgan fingerprint density at radius 3 is 2.33 bits per heavy atom. The van der Waals surface area contributed by atoms with Gasteiger partial charge in [0.15, 0.2) is 0 Å². The Kier molecular flexibility index (Phi) is 3.75. The first-order chi connectivity index (χ1) is 8.56. The Bertz CT molecular complexity index is 418. The second-order valence-corrected chi connectivity index (χ2v) is 5.07. The standard InChI is InChI=1S/C14H19NO3/c1-15(9-10-4-2-3-5-10)14(18)11-6-12(16)8-13(17)7-11/h6-8,10,16-17H,2-5,9H2,1H3. The van der Waals surface area contributed by atoms with Gasteiger partial charge < -0.3 is 15.1 Å². The van der Waals surface area contributed by atoms with Gasteiger partial charge in [0.1, 0.15) is 11.5 Å². The van der Waals surface area contributed by atoms with Crippen LogP contribution in [0, 0.1) is 5.92 Å². The maximum Gasteiger partial charge on any atom is 0.253 e. The molecule has 0 atom stereocenters. The summed E-state index contributed by atoms with van der Waals surface area (Å²) in [5.74, 6) is 0.248. The number of amides is 1. The lowest BCUT2D eigenvalue weighted by atomic mass is 10.1. The molecule has 0 aromatic heterocycles. The first kappa shape index (κ1) is 12.7. The van der Waals surface area contributed by atoms with Crippen LogP contribution >= 0.6 is 0 Å². The van der Waals surface area contributed by atoms with E-state index in [1.165, 1.54) is 43.9 Å². The molecule has 98 valence electrons. The average molecular weight is 249 g/mol. The summed E-state index contributed by atoms with van der Waals surface area (Å²) in [5, 5.41) is 18.8. The lowest BCUT2D eigenvalue weighted by Gasteiger charge is -2.21. The van der Waals surface area contributed by atoms with Gasteiger partial charge in [0.25, 0.3) is 5.91 Å². The number of benzene rings is 1. The van der Waals surface area contributed by atoms with E-state index in [4.69, 9.17) is 0 Å². The maximum atomic E-state index is 12.1. The summed E-state index contributed by atoms with van der Waals surface area (Å²) in [6.45, 7) is 0.745. The van der Waals surface area contributed by atoms with Gasteiger partial charge in [0.2, 0.25) is 0 Å². The summed E-state index contributed by atoms with van der Waals surface area (Å²) in [6, 6.07) is 3.98. The van der Waals surface area contributed by atoms with Crippen molar-refractivity contribution in [3.05, 3.63) is 23.8 Å². The fourth-order valence-corrected chi connectivity index (χ4v) is 2.60. The molecule has 4 heteroatoms. The highest BCUT2D eigenvalue weighted by molar-refractivity contribution is 5.94. The van der Waals surface area contributed by atoms with E-state index >= 15 is 0 Å². The van der Waals surface area contributed by atoms with Crippen molar-refractivity contribution in [2.24, 2.45) is 5.92 Å². The second-order valence-electron chi connectivity index (χ2n) is 5.07. The Hall–Kier alpha value is -1.71. The minimum Gasteiger partial charge on any atom is -0.508 e. The van der Waals surface area contributed by atoms with Crippen molar-refractivity contribution in [2.45, 2.75) is 25.7 Å². The van der Waals surface area contributed by atoms with E-state index in [1.807, 2.05) is 0 Å². The third-order valence-corrected chi connectivity index (χ3v) is 3.50. The first-order valence-electron chi connectivity index (χ1n) is 6.35. The minimum atomic E-state index is -0.159. The third kappa shape index (κ3) is 2.94. The van der Waals surface area contributed by atoms with Crippen molar-refractivity contribution in [1.29, 1.82) is 0 Å². The smallest absolute Gasteiger partial charge is 0.253 e. The number of carbonyl (C=O) groups is 1. The summed E-state index contributed by atoms with van der Waals surface area (Å²) in [5.41, 5.74) is 0.327. The number of hydrogen-bond donors (Lipinski definition) is 2. The topological polar surface area (TPSA) is 60.8 Å². The number of rotatable bonds is 3. The molecule has 4 nitrogen and oxygen atoms in total. The highest BCUT2D eigenvalue weighted by Crippen LogP contribution is 2.26. The van der Waals surface area contributed by atoms with E-state index in [0.717, 1.165) is 6.54 Å². The van der Waals surface area contributed by atoms with Gasteiger partial charge in [-0.1, -0.05) is 12.8 Å². The van der Waals surface area contributed by atoms with Gasteiger partial charge in [-0.3, -0.25) is 4.79 Å². The van der Waals surface area contributed by atoms with Crippen molar-refractivity contribution in [3.8, 4) is 11.5 Å². The lowest BCUT2D eigenvalue weighted by molar-refractivity contribution is 0.0772. The summed E-state index contributed by atoms with van der Waals surface area (Å²) >= 11 is 0.